The van der Waals surface area contributed by atoms with Gasteiger partial charge in [-0.3, -0.25) is 0 Å². The quantitative estimate of drug-likeness (QED) is 0.273. The molecule has 0 fully saturated rings. The lowest BCUT2D eigenvalue weighted by Gasteiger charge is -2.09. The number of hydrogen-bond acceptors (Lipinski definition) is 7. The highest BCUT2D eigenvalue weighted by Gasteiger charge is 2.19. The fourth-order valence-electron chi connectivity index (χ4n) is 3.05. The van der Waals surface area contributed by atoms with Crippen molar-refractivity contribution in [3.63, 3.8) is 0 Å². The molecule has 0 radical (unpaired) electrons. The van der Waals surface area contributed by atoms with Crippen molar-refractivity contribution >= 4 is 17.9 Å². The Morgan fingerprint density at radius 3 is 1.68 bits per heavy atom. The molecule has 0 unspecified atom stereocenters. The first kappa shape index (κ1) is 25.0. The van der Waals surface area contributed by atoms with Crippen LogP contribution in [0, 0.1) is 17.5 Å². The lowest BCUT2D eigenvalue weighted by atomic mass is 10.2. The molecule has 0 atom stereocenters. The number of carbonyl (C=O) groups excluding carboxylic acids is 3. The van der Waals surface area contributed by atoms with E-state index in [1.165, 1.54) is 66.7 Å². The van der Waals surface area contributed by atoms with E-state index in [9.17, 15) is 32.7 Å². The van der Waals surface area contributed by atoms with Crippen LogP contribution in [0.2, 0.25) is 0 Å². The molecule has 1 N–H and O–H groups in total. The minimum Gasteiger partial charge on any atom is -0.508 e. The summed E-state index contributed by atoms with van der Waals surface area (Å²) in [5.74, 6) is -7.60. The van der Waals surface area contributed by atoms with Gasteiger partial charge in [0.15, 0.2) is 11.6 Å². The topological polar surface area (TPSA) is 99.1 Å². The molecule has 0 saturated carbocycles. The Morgan fingerprint density at radius 1 is 0.568 bits per heavy atom. The van der Waals surface area contributed by atoms with Crippen LogP contribution in [0.25, 0.3) is 0 Å². The zero-order chi connectivity index (χ0) is 26.5. The van der Waals surface area contributed by atoms with Crippen LogP contribution in [0.5, 0.6) is 23.0 Å². The van der Waals surface area contributed by atoms with Crippen LogP contribution in [0.15, 0.2) is 84.9 Å². The van der Waals surface area contributed by atoms with Crippen molar-refractivity contribution in [2.45, 2.75) is 0 Å². The molecule has 0 spiro atoms. The van der Waals surface area contributed by atoms with Gasteiger partial charge >= 0.3 is 17.9 Å². The number of phenolic OH excluding ortho intramolecular Hbond substituents is 1. The van der Waals surface area contributed by atoms with E-state index in [0.717, 1.165) is 6.07 Å². The van der Waals surface area contributed by atoms with Crippen molar-refractivity contribution < 1.29 is 46.9 Å². The average molecular weight is 508 g/mol. The van der Waals surface area contributed by atoms with Gasteiger partial charge in [-0.05, 0) is 66.7 Å². The number of benzene rings is 4. The highest BCUT2D eigenvalue weighted by molar-refractivity contribution is 5.94. The van der Waals surface area contributed by atoms with Crippen LogP contribution in [-0.4, -0.2) is 23.0 Å². The molecule has 0 aliphatic heterocycles. The van der Waals surface area contributed by atoms with Crippen LogP contribution < -0.4 is 14.2 Å². The molecule has 0 bridgehead atoms. The molecule has 0 aromatic heterocycles. The maximum absolute atomic E-state index is 13.8. The SMILES string of the molecule is O=C(Oc1ccc(C(=O)Oc2cccc(C(=O)Oc3c(F)cc(F)cc3F)c2)cc1)c1ccc(O)cc1. The van der Waals surface area contributed by atoms with Crippen LogP contribution >= 0.6 is 0 Å². The second-order valence-corrected chi connectivity index (χ2v) is 7.47. The molecule has 10 heteroatoms. The predicted octanol–water partition coefficient (Wildman–Crippen LogP) is 5.47. The van der Waals surface area contributed by atoms with Gasteiger partial charge in [0.25, 0.3) is 0 Å². The van der Waals surface area contributed by atoms with Gasteiger partial charge in [0, 0.05) is 12.1 Å². The zero-order valence-corrected chi connectivity index (χ0v) is 18.6. The molecule has 0 heterocycles. The third kappa shape index (κ3) is 6.12. The molecule has 0 aliphatic rings. The van der Waals surface area contributed by atoms with Crippen molar-refractivity contribution in [1.82, 2.24) is 0 Å². The summed E-state index contributed by atoms with van der Waals surface area (Å²) in [4.78, 5) is 37.0. The maximum atomic E-state index is 13.8. The van der Waals surface area contributed by atoms with E-state index in [-0.39, 0.29) is 33.9 Å². The van der Waals surface area contributed by atoms with Gasteiger partial charge in [-0.2, -0.15) is 0 Å². The van der Waals surface area contributed by atoms with Crippen molar-refractivity contribution in [3.8, 4) is 23.0 Å². The van der Waals surface area contributed by atoms with Gasteiger partial charge < -0.3 is 19.3 Å². The predicted molar refractivity (Wildman–Crippen MR) is 122 cm³/mol. The first-order valence-corrected chi connectivity index (χ1v) is 10.5. The van der Waals surface area contributed by atoms with Gasteiger partial charge in [-0.15, -0.1) is 0 Å². The summed E-state index contributed by atoms with van der Waals surface area (Å²) in [6.07, 6.45) is 0. The Morgan fingerprint density at radius 2 is 1.08 bits per heavy atom. The third-order valence-corrected chi connectivity index (χ3v) is 4.84. The molecule has 4 rings (SSSR count). The van der Waals surface area contributed by atoms with Gasteiger partial charge in [-0.25, -0.2) is 27.6 Å². The monoisotopic (exact) mass is 508 g/mol. The van der Waals surface area contributed by atoms with E-state index >= 15 is 0 Å². The molecule has 7 nitrogen and oxygen atoms in total. The number of aromatic hydroxyl groups is 1. The van der Waals surface area contributed by atoms with Crippen molar-refractivity contribution in [2.24, 2.45) is 0 Å². The summed E-state index contributed by atoms with van der Waals surface area (Å²) in [7, 11) is 0. The zero-order valence-electron chi connectivity index (χ0n) is 18.6. The smallest absolute Gasteiger partial charge is 0.343 e. The van der Waals surface area contributed by atoms with Gasteiger partial charge in [-0.1, -0.05) is 6.07 Å². The summed E-state index contributed by atoms with van der Waals surface area (Å²) >= 11 is 0. The minimum atomic E-state index is -1.40. The van der Waals surface area contributed by atoms with Crippen LogP contribution in [-0.2, 0) is 0 Å². The lowest BCUT2D eigenvalue weighted by molar-refractivity contribution is 0.0705. The van der Waals surface area contributed by atoms with Gasteiger partial charge in [0.2, 0.25) is 5.75 Å². The summed E-state index contributed by atoms with van der Waals surface area (Å²) in [5.41, 5.74) is 0.113. The number of carbonyl (C=O) groups is 3. The Balaban J connectivity index is 1.40. The molecular formula is C27H15F3O7. The van der Waals surface area contributed by atoms with Crippen molar-refractivity contribution in [2.75, 3.05) is 0 Å². The molecule has 0 amide bonds. The number of hydrogen-bond donors (Lipinski definition) is 1. The van der Waals surface area contributed by atoms with Crippen LogP contribution in [0.1, 0.15) is 31.1 Å². The number of esters is 3. The van der Waals surface area contributed by atoms with Gasteiger partial charge in [0.1, 0.15) is 23.1 Å². The number of rotatable bonds is 6. The summed E-state index contributed by atoms with van der Waals surface area (Å²) in [5, 5.41) is 9.29. The fraction of sp³-hybridized carbons (Fsp3) is 0. The standard InChI is InChI=1S/C27H15F3O7/c28-18-13-22(29)24(23(30)14-18)37-27(34)17-2-1-3-21(12-17)36-26(33)16-6-10-20(11-7-16)35-25(32)15-4-8-19(31)9-5-15/h1-14,31H. The van der Waals surface area contributed by atoms with Crippen LogP contribution in [0.4, 0.5) is 13.2 Å². The number of halogens is 3. The number of phenols is 1. The fourth-order valence-corrected chi connectivity index (χ4v) is 3.05. The van der Waals surface area contributed by atoms with E-state index in [2.05, 4.69) is 0 Å². The first-order chi connectivity index (χ1) is 17.7. The first-order valence-electron chi connectivity index (χ1n) is 10.5. The van der Waals surface area contributed by atoms with E-state index in [1.54, 1.807) is 0 Å². The van der Waals surface area contributed by atoms with Crippen LogP contribution in [0.3, 0.4) is 0 Å². The molecule has 186 valence electrons. The highest BCUT2D eigenvalue weighted by Crippen LogP contribution is 2.25. The van der Waals surface area contributed by atoms with Crippen molar-refractivity contribution in [3.05, 3.63) is 119 Å². The van der Waals surface area contributed by atoms with E-state index in [0.29, 0.717) is 12.1 Å². The minimum absolute atomic E-state index is 0.00230. The molecular weight excluding hydrogens is 493 g/mol. The molecule has 37 heavy (non-hydrogen) atoms. The molecule has 4 aromatic carbocycles. The second kappa shape index (κ2) is 10.6. The molecule has 4 aromatic rings. The van der Waals surface area contributed by atoms with E-state index in [4.69, 9.17) is 14.2 Å². The Bertz CT molecular complexity index is 1460. The van der Waals surface area contributed by atoms with E-state index < -0.39 is 41.1 Å². The molecule has 0 saturated heterocycles. The largest absolute Gasteiger partial charge is 0.508 e. The Labute approximate surface area is 207 Å². The highest BCUT2D eigenvalue weighted by atomic mass is 19.1. The summed E-state index contributed by atoms with van der Waals surface area (Å²) < 4.78 is 55.7. The van der Waals surface area contributed by atoms with Crippen molar-refractivity contribution in [1.29, 1.82) is 0 Å². The second-order valence-electron chi connectivity index (χ2n) is 7.47. The third-order valence-electron chi connectivity index (χ3n) is 4.84. The summed E-state index contributed by atoms with van der Waals surface area (Å²) in [6, 6.07) is 16.7. The maximum Gasteiger partial charge on any atom is 0.343 e. The van der Waals surface area contributed by atoms with E-state index in [1.807, 2.05) is 0 Å². The van der Waals surface area contributed by atoms with Gasteiger partial charge in [0.05, 0.1) is 16.7 Å². The Hall–Kier alpha value is -5.12. The number of ether oxygens (including phenoxy) is 3. The summed E-state index contributed by atoms with van der Waals surface area (Å²) in [6.45, 7) is 0. The normalized spacial score (nSPS) is 10.5. The Kier molecular flexibility index (Phi) is 7.19. The lowest BCUT2D eigenvalue weighted by Crippen LogP contribution is -2.13. The average Bonchev–Trinajstić information content (AvgIpc) is 2.87. The molecule has 0 aliphatic carbocycles.